The van der Waals surface area contributed by atoms with E-state index in [0.29, 0.717) is 12.2 Å². The highest BCUT2D eigenvalue weighted by Crippen LogP contribution is 2.26. The van der Waals surface area contributed by atoms with Crippen LogP contribution in [-0.2, 0) is 16.5 Å². The van der Waals surface area contributed by atoms with E-state index in [0.717, 1.165) is 23.3 Å². The van der Waals surface area contributed by atoms with E-state index in [4.69, 9.17) is 4.74 Å². The van der Waals surface area contributed by atoms with E-state index in [1.807, 2.05) is 50.2 Å². The van der Waals surface area contributed by atoms with Crippen LogP contribution in [0.4, 0.5) is 0 Å². The minimum Gasteiger partial charge on any atom is -0.493 e. The summed E-state index contributed by atoms with van der Waals surface area (Å²) in [6.07, 6.45) is 0.818. The summed E-state index contributed by atoms with van der Waals surface area (Å²) in [7, 11) is -4.28. The van der Waals surface area contributed by atoms with Crippen LogP contribution >= 0.6 is 0 Å². The molecule has 0 radical (unpaired) electrons. The second-order valence-electron chi connectivity index (χ2n) is 7.04. The van der Waals surface area contributed by atoms with E-state index >= 15 is 0 Å². The topological polar surface area (TPSA) is 63.6 Å². The van der Waals surface area contributed by atoms with E-state index in [1.165, 1.54) is 11.6 Å². The first-order valence-electron chi connectivity index (χ1n) is 9.16. The summed E-state index contributed by atoms with van der Waals surface area (Å²) in [5, 5.41) is 0. The Morgan fingerprint density at radius 1 is 0.929 bits per heavy atom. The van der Waals surface area contributed by atoms with Gasteiger partial charge in [0.25, 0.3) is 10.1 Å². The van der Waals surface area contributed by atoms with Crippen LogP contribution in [-0.4, -0.2) is 19.6 Å². The van der Waals surface area contributed by atoms with Crippen molar-refractivity contribution in [3.05, 3.63) is 95.1 Å². The average Bonchev–Trinajstić information content (AvgIpc) is 2.66. The fraction of sp³-hybridized carbons (Fsp3) is 0.217. The molecule has 1 N–H and O–H groups in total. The van der Waals surface area contributed by atoms with Crippen LogP contribution in [0.15, 0.2) is 77.7 Å². The smallest absolute Gasteiger partial charge is 0.294 e. The minimum atomic E-state index is -4.28. The molecule has 0 saturated carbocycles. The molecule has 0 unspecified atom stereocenters. The van der Waals surface area contributed by atoms with Gasteiger partial charge >= 0.3 is 0 Å². The zero-order valence-corrected chi connectivity index (χ0v) is 16.8. The van der Waals surface area contributed by atoms with Crippen molar-refractivity contribution in [3.8, 4) is 5.75 Å². The van der Waals surface area contributed by atoms with E-state index in [9.17, 15) is 13.0 Å². The van der Waals surface area contributed by atoms with Crippen molar-refractivity contribution in [2.75, 3.05) is 6.61 Å². The number of rotatable bonds is 7. The first-order valence-corrected chi connectivity index (χ1v) is 10.6. The molecule has 3 aromatic carbocycles. The Bertz CT molecular complexity index is 1040. The molecule has 0 heterocycles. The van der Waals surface area contributed by atoms with Crippen molar-refractivity contribution in [2.45, 2.75) is 31.1 Å². The summed E-state index contributed by atoms with van der Waals surface area (Å²) < 4.78 is 38.8. The lowest BCUT2D eigenvalue weighted by Crippen LogP contribution is -2.12. The van der Waals surface area contributed by atoms with Crippen molar-refractivity contribution in [1.29, 1.82) is 0 Å². The SMILES string of the molecule is Cc1ccc(S(=O)(=O)O)c([C@@H](C)COc2cccc(Cc3ccccc3)c2)c1. The molecule has 0 saturated heterocycles. The standard InChI is InChI=1S/C23H24O4S/c1-17-11-12-23(28(24,25)26)22(13-17)18(2)16-27-21-10-6-9-20(15-21)14-19-7-4-3-5-8-19/h3-13,15,18H,14,16H2,1-2H3,(H,24,25,26)/t18-/m0/s1. The third kappa shape index (κ3) is 5.21. The van der Waals surface area contributed by atoms with Crippen molar-refractivity contribution >= 4 is 10.1 Å². The van der Waals surface area contributed by atoms with Crippen LogP contribution < -0.4 is 4.74 Å². The third-order valence-corrected chi connectivity index (χ3v) is 5.55. The Hall–Kier alpha value is -2.63. The second kappa shape index (κ2) is 8.59. The zero-order chi connectivity index (χ0) is 20.1. The quantitative estimate of drug-likeness (QED) is 0.570. The summed E-state index contributed by atoms with van der Waals surface area (Å²) in [6.45, 7) is 4.08. The van der Waals surface area contributed by atoms with Gasteiger partial charge < -0.3 is 4.74 Å². The molecule has 0 fully saturated rings. The third-order valence-electron chi connectivity index (χ3n) is 4.62. The largest absolute Gasteiger partial charge is 0.493 e. The van der Waals surface area contributed by atoms with Crippen LogP contribution in [0.2, 0.25) is 0 Å². The van der Waals surface area contributed by atoms with E-state index in [-0.39, 0.29) is 10.8 Å². The molecule has 0 aliphatic heterocycles. The Balaban J connectivity index is 1.73. The van der Waals surface area contributed by atoms with Crippen molar-refractivity contribution in [3.63, 3.8) is 0 Å². The summed E-state index contributed by atoms with van der Waals surface area (Å²) in [4.78, 5) is -0.0629. The molecule has 4 nitrogen and oxygen atoms in total. The first kappa shape index (κ1) is 20.1. The number of aryl methyl sites for hydroxylation is 1. The maximum absolute atomic E-state index is 11.7. The van der Waals surface area contributed by atoms with Gasteiger partial charge in [-0.1, -0.05) is 67.1 Å². The number of ether oxygens (including phenoxy) is 1. The van der Waals surface area contributed by atoms with Gasteiger partial charge in [-0.05, 0) is 48.2 Å². The predicted octanol–water partition coefficient (Wildman–Crippen LogP) is 5.02. The molecule has 0 aromatic heterocycles. The Morgan fingerprint density at radius 2 is 1.64 bits per heavy atom. The van der Waals surface area contributed by atoms with Gasteiger partial charge in [-0.3, -0.25) is 4.55 Å². The zero-order valence-electron chi connectivity index (χ0n) is 16.0. The lowest BCUT2D eigenvalue weighted by Gasteiger charge is -2.17. The molecule has 0 amide bonds. The molecule has 146 valence electrons. The van der Waals surface area contributed by atoms with Crippen LogP contribution in [0.25, 0.3) is 0 Å². The van der Waals surface area contributed by atoms with Gasteiger partial charge in [-0.2, -0.15) is 8.42 Å². The summed E-state index contributed by atoms with van der Waals surface area (Å²) >= 11 is 0. The fourth-order valence-electron chi connectivity index (χ4n) is 3.18. The highest BCUT2D eigenvalue weighted by Gasteiger charge is 2.20. The highest BCUT2D eigenvalue weighted by atomic mass is 32.2. The van der Waals surface area contributed by atoms with Crippen LogP contribution in [0.3, 0.4) is 0 Å². The van der Waals surface area contributed by atoms with Gasteiger partial charge in [-0.25, -0.2) is 0 Å². The minimum absolute atomic E-state index is 0.0629. The lowest BCUT2D eigenvalue weighted by atomic mass is 10.00. The molecular weight excluding hydrogens is 372 g/mol. The number of hydrogen-bond acceptors (Lipinski definition) is 3. The normalized spacial score (nSPS) is 12.5. The number of benzene rings is 3. The monoisotopic (exact) mass is 396 g/mol. The molecule has 3 rings (SSSR count). The second-order valence-corrected chi connectivity index (χ2v) is 8.43. The van der Waals surface area contributed by atoms with Gasteiger partial charge in [-0.15, -0.1) is 0 Å². The predicted molar refractivity (Wildman–Crippen MR) is 111 cm³/mol. The van der Waals surface area contributed by atoms with Crippen LogP contribution in [0.1, 0.15) is 35.1 Å². The van der Waals surface area contributed by atoms with E-state index in [2.05, 4.69) is 18.2 Å². The van der Waals surface area contributed by atoms with Gasteiger partial charge in [0.1, 0.15) is 5.75 Å². The molecular formula is C23H24O4S. The molecule has 3 aromatic rings. The van der Waals surface area contributed by atoms with Crippen molar-refractivity contribution < 1.29 is 17.7 Å². The average molecular weight is 397 g/mol. The molecule has 0 spiro atoms. The molecule has 0 aliphatic carbocycles. The first-order chi connectivity index (χ1) is 13.3. The molecule has 5 heteroatoms. The fourth-order valence-corrected chi connectivity index (χ4v) is 3.97. The van der Waals surface area contributed by atoms with Crippen molar-refractivity contribution in [2.24, 2.45) is 0 Å². The summed E-state index contributed by atoms with van der Waals surface area (Å²) in [6, 6.07) is 23.0. The highest BCUT2D eigenvalue weighted by molar-refractivity contribution is 7.85. The maximum Gasteiger partial charge on any atom is 0.294 e. The Labute approximate surface area is 166 Å². The van der Waals surface area contributed by atoms with Crippen LogP contribution in [0, 0.1) is 6.92 Å². The van der Waals surface area contributed by atoms with Gasteiger partial charge in [0.2, 0.25) is 0 Å². The Kier molecular flexibility index (Phi) is 6.17. The summed E-state index contributed by atoms with van der Waals surface area (Å²) in [5.74, 6) is 0.538. The van der Waals surface area contributed by atoms with Crippen LogP contribution in [0.5, 0.6) is 5.75 Å². The molecule has 28 heavy (non-hydrogen) atoms. The molecule has 0 aliphatic rings. The maximum atomic E-state index is 11.7. The van der Waals surface area contributed by atoms with E-state index < -0.39 is 10.1 Å². The van der Waals surface area contributed by atoms with Gasteiger partial charge in [0.05, 0.1) is 11.5 Å². The molecule has 0 bridgehead atoms. The number of hydrogen-bond donors (Lipinski definition) is 1. The Morgan fingerprint density at radius 3 is 2.36 bits per heavy atom. The van der Waals surface area contributed by atoms with Gasteiger partial charge in [0, 0.05) is 5.92 Å². The van der Waals surface area contributed by atoms with Crippen molar-refractivity contribution in [1.82, 2.24) is 0 Å². The summed E-state index contributed by atoms with van der Waals surface area (Å²) in [5.41, 5.74) is 3.86. The van der Waals surface area contributed by atoms with E-state index in [1.54, 1.807) is 12.1 Å². The lowest BCUT2D eigenvalue weighted by molar-refractivity contribution is 0.294. The molecule has 1 atom stereocenters. The van der Waals surface area contributed by atoms with Gasteiger partial charge in [0.15, 0.2) is 0 Å².